The number of hydrogen-bond acceptors (Lipinski definition) is 3. The lowest BCUT2D eigenvalue weighted by molar-refractivity contribution is 0.101. The number of ketones is 1. The Morgan fingerprint density at radius 2 is 1.64 bits per heavy atom. The molecule has 5 aromatic rings. The number of nitrogens with zero attached hydrogens (tertiary/aromatic N) is 4. The lowest BCUT2D eigenvalue weighted by Gasteiger charge is -2.26. The van der Waals surface area contributed by atoms with Gasteiger partial charge in [-0.25, -0.2) is 4.98 Å². The van der Waals surface area contributed by atoms with E-state index in [1.165, 1.54) is 24.6 Å². The minimum absolute atomic E-state index is 0.0582. The van der Waals surface area contributed by atoms with Gasteiger partial charge >= 0.3 is 0 Å². The third-order valence-corrected chi connectivity index (χ3v) is 6.97. The number of para-hydroxylation sites is 2. The summed E-state index contributed by atoms with van der Waals surface area (Å²) in [5, 5.41) is 2.34. The third kappa shape index (κ3) is 3.35. The van der Waals surface area contributed by atoms with Gasteiger partial charge in [-0.15, -0.1) is 0 Å². The van der Waals surface area contributed by atoms with E-state index in [0.29, 0.717) is 5.69 Å². The molecule has 1 fully saturated rings. The Labute approximate surface area is 193 Å². The standard InChI is InChI=1S/C28H28N4O/c1-20(33)26-27(23-13-9-11-21-10-3-4-12-22(21)23)31(19-18-30-16-7-2-8-17-30)28-29-24-14-5-6-15-25(24)32(26)28/h3-6,9-15H,2,7-8,16-19H2,1H3. The van der Waals surface area contributed by atoms with Gasteiger partial charge in [0.1, 0.15) is 5.69 Å². The minimum atomic E-state index is 0.0582. The van der Waals surface area contributed by atoms with Crippen molar-refractivity contribution in [2.75, 3.05) is 19.6 Å². The van der Waals surface area contributed by atoms with Crippen LogP contribution in [0.3, 0.4) is 0 Å². The van der Waals surface area contributed by atoms with Crippen LogP contribution >= 0.6 is 0 Å². The van der Waals surface area contributed by atoms with Crippen molar-refractivity contribution in [3.63, 3.8) is 0 Å². The van der Waals surface area contributed by atoms with Gasteiger partial charge in [-0.2, -0.15) is 0 Å². The minimum Gasteiger partial charge on any atom is -0.308 e. The monoisotopic (exact) mass is 436 g/mol. The number of carbonyl (C=O) groups is 1. The number of fused-ring (bicyclic) bond motifs is 4. The van der Waals surface area contributed by atoms with Gasteiger partial charge in [0, 0.05) is 25.6 Å². The molecule has 0 atom stereocenters. The van der Waals surface area contributed by atoms with Crippen molar-refractivity contribution in [1.82, 2.24) is 18.9 Å². The lowest BCUT2D eigenvalue weighted by Crippen LogP contribution is -2.32. The number of likely N-dealkylation sites (tertiary alicyclic amines) is 1. The average molecular weight is 437 g/mol. The molecule has 0 bridgehead atoms. The zero-order chi connectivity index (χ0) is 22.4. The van der Waals surface area contributed by atoms with E-state index in [1.54, 1.807) is 6.92 Å². The summed E-state index contributed by atoms with van der Waals surface area (Å²) in [5.74, 6) is 0.907. The van der Waals surface area contributed by atoms with E-state index in [4.69, 9.17) is 4.98 Å². The van der Waals surface area contributed by atoms with Crippen LogP contribution in [0.15, 0.2) is 66.7 Å². The predicted molar refractivity (Wildman–Crippen MR) is 134 cm³/mol. The molecule has 5 nitrogen and oxygen atoms in total. The molecule has 0 N–H and O–H groups in total. The number of hydrogen-bond donors (Lipinski definition) is 0. The summed E-state index contributed by atoms with van der Waals surface area (Å²) in [6, 6.07) is 22.9. The molecular weight excluding hydrogens is 408 g/mol. The molecule has 6 rings (SSSR count). The Morgan fingerprint density at radius 1 is 0.879 bits per heavy atom. The maximum atomic E-state index is 13.2. The second-order valence-corrected chi connectivity index (χ2v) is 9.07. The number of imidazole rings is 2. The SMILES string of the molecule is CC(=O)c1c(-c2cccc3ccccc23)n(CCN2CCCCC2)c2nc3ccccc3n12. The van der Waals surface area contributed by atoms with Gasteiger partial charge in [-0.3, -0.25) is 9.20 Å². The van der Waals surface area contributed by atoms with Crippen LogP contribution in [0.5, 0.6) is 0 Å². The molecule has 2 aromatic heterocycles. The molecule has 3 heterocycles. The fourth-order valence-electron chi connectivity index (χ4n) is 5.41. The zero-order valence-electron chi connectivity index (χ0n) is 19.0. The van der Waals surface area contributed by atoms with Gasteiger partial charge < -0.3 is 9.47 Å². The molecule has 0 spiro atoms. The smallest absolute Gasteiger partial charge is 0.216 e. The Kier molecular flexibility index (Phi) is 4.99. The molecule has 0 amide bonds. The van der Waals surface area contributed by atoms with Crippen molar-refractivity contribution in [3.8, 4) is 11.3 Å². The van der Waals surface area contributed by atoms with E-state index in [1.807, 2.05) is 18.2 Å². The Balaban J connectivity index is 1.63. The fraction of sp³-hybridized carbons (Fsp3) is 0.286. The van der Waals surface area contributed by atoms with Crippen LogP contribution in [-0.2, 0) is 6.54 Å². The van der Waals surface area contributed by atoms with Gasteiger partial charge in [0.2, 0.25) is 5.78 Å². The summed E-state index contributed by atoms with van der Waals surface area (Å²) in [6.07, 6.45) is 3.86. The highest BCUT2D eigenvalue weighted by molar-refractivity contribution is 6.06. The topological polar surface area (TPSA) is 42.5 Å². The lowest BCUT2D eigenvalue weighted by atomic mass is 10.00. The highest BCUT2D eigenvalue weighted by Crippen LogP contribution is 2.35. The van der Waals surface area contributed by atoms with E-state index in [-0.39, 0.29) is 5.78 Å². The molecule has 0 radical (unpaired) electrons. The van der Waals surface area contributed by atoms with E-state index in [9.17, 15) is 4.79 Å². The molecule has 0 aliphatic carbocycles. The van der Waals surface area contributed by atoms with Crippen LogP contribution in [0.2, 0.25) is 0 Å². The maximum Gasteiger partial charge on any atom is 0.216 e. The third-order valence-electron chi connectivity index (χ3n) is 6.97. The Bertz CT molecular complexity index is 1480. The van der Waals surface area contributed by atoms with Crippen molar-refractivity contribution in [3.05, 3.63) is 72.4 Å². The molecule has 5 heteroatoms. The largest absolute Gasteiger partial charge is 0.308 e. The molecule has 33 heavy (non-hydrogen) atoms. The van der Waals surface area contributed by atoms with E-state index < -0.39 is 0 Å². The van der Waals surface area contributed by atoms with Crippen LogP contribution in [0.25, 0.3) is 38.8 Å². The Morgan fingerprint density at radius 3 is 2.48 bits per heavy atom. The number of benzene rings is 3. The molecule has 0 unspecified atom stereocenters. The Hall–Kier alpha value is -3.44. The normalized spacial score (nSPS) is 15.1. The highest BCUT2D eigenvalue weighted by Gasteiger charge is 2.26. The first-order valence-corrected chi connectivity index (χ1v) is 11.9. The van der Waals surface area contributed by atoms with Crippen LogP contribution in [0.1, 0.15) is 36.7 Å². The second kappa shape index (κ2) is 8.16. The second-order valence-electron chi connectivity index (χ2n) is 9.07. The maximum absolute atomic E-state index is 13.2. The van der Waals surface area contributed by atoms with Crippen molar-refractivity contribution in [1.29, 1.82) is 0 Å². The van der Waals surface area contributed by atoms with Gasteiger partial charge in [-0.1, -0.05) is 61.0 Å². The molecule has 1 saturated heterocycles. The summed E-state index contributed by atoms with van der Waals surface area (Å²) < 4.78 is 4.36. The van der Waals surface area contributed by atoms with Crippen LogP contribution < -0.4 is 0 Å². The summed E-state index contributed by atoms with van der Waals surface area (Å²) in [5.41, 5.74) is 4.69. The molecule has 166 valence electrons. The van der Waals surface area contributed by atoms with Gasteiger partial charge in [0.15, 0.2) is 5.78 Å². The summed E-state index contributed by atoms with van der Waals surface area (Å²) in [6.45, 7) is 5.74. The predicted octanol–water partition coefficient (Wildman–Crippen LogP) is 5.80. The van der Waals surface area contributed by atoms with Crippen LogP contribution in [0, 0.1) is 0 Å². The summed E-state index contributed by atoms with van der Waals surface area (Å²) in [4.78, 5) is 20.7. The van der Waals surface area contributed by atoms with Crippen LogP contribution in [0.4, 0.5) is 0 Å². The summed E-state index contributed by atoms with van der Waals surface area (Å²) in [7, 11) is 0. The number of piperidine rings is 1. The quantitative estimate of drug-likeness (QED) is 0.327. The first-order chi connectivity index (χ1) is 16.2. The first-order valence-electron chi connectivity index (χ1n) is 11.9. The van der Waals surface area contributed by atoms with E-state index in [2.05, 4.69) is 62.4 Å². The molecular formula is C28H28N4O. The zero-order valence-corrected chi connectivity index (χ0v) is 19.0. The van der Waals surface area contributed by atoms with Gasteiger partial charge in [0.25, 0.3) is 0 Å². The molecule has 0 saturated carbocycles. The van der Waals surface area contributed by atoms with E-state index >= 15 is 0 Å². The number of carbonyl (C=O) groups excluding carboxylic acids is 1. The van der Waals surface area contributed by atoms with Crippen molar-refractivity contribution in [2.45, 2.75) is 32.7 Å². The highest BCUT2D eigenvalue weighted by atomic mass is 16.1. The number of aromatic nitrogens is 3. The molecule has 1 aliphatic heterocycles. The average Bonchev–Trinajstić information content (AvgIpc) is 3.37. The van der Waals surface area contributed by atoms with Gasteiger partial charge in [-0.05, 0) is 48.8 Å². The van der Waals surface area contributed by atoms with E-state index in [0.717, 1.165) is 59.6 Å². The van der Waals surface area contributed by atoms with Gasteiger partial charge in [0.05, 0.1) is 16.7 Å². The number of rotatable bonds is 5. The number of Topliss-reactive ketones (excluding diaryl/α,β-unsaturated/α-hetero) is 1. The summed E-state index contributed by atoms with van der Waals surface area (Å²) >= 11 is 0. The first kappa shape index (κ1) is 20.2. The van der Waals surface area contributed by atoms with Crippen LogP contribution in [-0.4, -0.2) is 44.3 Å². The van der Waals surface area contributed by atoms with Crippen molar-refractivity contribution < 1.29 is 4.79 Å². The molecule has 3 aromatic carbocycles. The van der Waals surface area contributed by atoms with Crippen molar-refractivity contribution in [2.24, 2.45) is 0 Å². The van der Waals surface area contributed by atoms with Crippen molar-refractivity contribution >= 4 is 33.4 Å². The molecule has 1 aliphatic rings. The fourth-order valence-corrected chi connectivity index (χ4v) is 5.41.